The molecular weight excluding hydrogens is 302 g/mol. The zero-order valence-electron chi connectivity index (χ0n) is 14.2. The Balaban J connectivity index is 2.15. The molecule has 1 aliphatic heterocycles. The van der Waals surface area contributed by atoms with Crippen LogP contribution in [0.4, 0.5) is 5.69 Å². The molecule has 124 valence electrons. The van der Waals surface area contributed by atoms with Crippen LogP contribution in [0.5, 0.6) is 0 Å². The fourth-order valence-electron chi connectivity index (χ4n) is 3.30. The minimum Gasteiger partial charge on any atom is -0.464 e. The fourth-order valence-corrected chi connectivity index (χ4v) is 3.30. The van der Waals surface area contributed by atoms with Crippen molar-refractivity contribution in [3.05, 3.63) is 64.7 Å². The van der Waals surface area contributed by atoms with Gasteiger partial charge < -0.3 is 4.74 Å². The maximum atomic E-state index is 13.2. The van der Waals surface area contributed by atoms with Crippen molar-refractivity contribution in [2.75, 3.05) is 11.5 Å². The molecule has 1 unspecified atom stereocenters. The average Bonchev–Trinajstić information content (AvgIpc) is 2.56. The van der Waals surface area contributed by atoms with Gasteiger partial charge in [-0.3, -0.25) is 9.69 Å². The third-order valence-corrected chi connectivity index (χ3v) is 4.45. The number of nitrogens with zero attached hydrogens (tertiary/aromatic N) is 1. The van der Waals surface area contributed by atoms with E-state index in [4.69, 9.17) is 4.74 Å². The first-order chi connectivity index (χ1) is 11.5. The number of para-hydroxylation sites is 1. The standard InChI is InChI=1S/C20H21NO3/c1-4-24-20(23)17-12-15-10-7-9-14(3)18(15)19(22)21(17)16-11-6-5-8-13(16)2/h5-11,17H,4,12H2,1-3H3. The van der Waals surface area contributed by atoms with Crippen LogP contribution in [0.25, 0.3) is 0 Å². The molecule has 0 saturated carbocycles. The van der Waals surface area contributed by atoms with Crippen LogP contribution in [-0.4, -0.2) is 24.5 Å². The molecule has 2 aromatic rings. The van der Waals surface area contributed by atoms with Gasteiger partial charge in [0.15, 0.2) is 0 Å². The number of ether oxygens (including phenoxy) is 1. The summed E-state index contributed by atoms with van der Waals surface area (Å²) in [6.45, 7) is 5.94. The first kappa shape index (κ1) is 16.2. The van der Waals surface area contributed by atoms with Crippen LogP contribution in [-0.2, 0) is 16.0 Å². The number of fused-ring (bicyclic) bond motifs is 1. The highest BCUT2D eigenvalue weighted by Gasteiger charge is 2.39. The van der Waals surface area contributed by atoms with E-state index >= 15 is 0 Å². The Kier molecular flexibility index (Phi) is 4.38. The first-order valence-corrected chi connectivity index (χ1v) is 8.19. The van der Waals surface area contributed by atoms with Gasteiger partial charge in [-0.1, -0.05) is 36.4 Å². The predicted octanol–water partition coefficient (Wildman–Crippen LogP) is 3.44. The van der Waals surface area contributed by atoms with Crippen LogP contribution in [0.1, 0.15) is 34.0 Å². The lowest BCUT2D eigenvalue weighted by molar-refractivity contribution is -0.144. The van der Waals surface area contributed by atoms with Crippen molar-refractivity contribution in [2.45, 2.75) is 33.2 Å². The second kappa shape index (κ2) is 6.48. The van der Waals surface area contributed by atoms with Crippen LogP contribution in [0, 0.1) is 13.8 Å². The SMILES string of the molecule is CCOC(=O)C1Cc2cccc(C)c2C(=O)N1c1ccccc1C. The summed E-state index contributed by atoms with van der Waals surface area (Å²) >= 11 is 0. The van der Waals surface area contributed by atoms with Gasteiger partial charge in [-0.2, -0.15) is 0 Å². The molecule has 0 aromatic heterocycles. The van der Waals surface area contributed by atoms with E-state index in [1.165, 1.54) is 0 Å². The van der Waals surface area contributed by atoms with Gasteiger partial charge in [-0.25, -0.2) is 4.79 Å². The number of carbonyl (C=O) groups excluding carboxylic acids is 2. The van der Waals surface area contributed by atoms with Gasteiger partial charge in [-0.05, 0) is 43.5 Å². The number of hydrogen-bond acceptors (Lipinski definition) is 3. The van der Waals surface area contributed by atoms with E-state index in [-0.39, 0.29) is 11.9 Å². The van der Waals surface area contributed by atoms with Crippen molar-refractivity contribution < 1.29 is 14.3 Å². The predicted molar refractivity (Wildman–Crippen MR) is 93.3 cm³/mol. The van der Waals surface area contributed by atoms with Crippen molar-refractivity contribution in [1.82, 2.24) is 0 Å². The number of hydrogen-bond donors (Lipinski definition) is 0. The fraction of sp³-hybridized carbons (Fsp3) is 0.300. The van der Waals surface area contributed by atoms with E-state index in [1.807, 2.05) is 56.3 Å². The molecule has 1 amide bonds. The zero-order chi connectivity index (χ0) is 17.3. The van der Waals surface area contributed by atoms with Crippen LogP contribution in [0.15, 0.2) is 42.5 Å². The molecule has 3 rings (SSSR count). The van der Waals surface area contributed by atoms with Crippen LogP contribution in [0.2, 0.25) is 0 Å². The Morgan fingerprint density at radius 2 is 1.83 bits per heavy atom. The molecule has 4 nitrogen and oxygen atoms in total. The number of amides is 1. The minimum absolute atomic E-state index is 0.137. The molecule has 0 bridgehead atoms. The van der Waals surface area contributed by atoms with E-state index in [1.54, 1.807) is 11.8 Å². The molecule has 0 spiro atoms. The molecule has 1 heterocycles. The number of benzene rings is 2. The van der Waals surface area contributed by atoms with Crippen molar-refractivity contribution in [2.24, 2.45) is 0 Å². The summed E-state index contributed by atoms with van der Waals surface area (Å²) in [5.74, 6) is -0.497. The van der Waals surface area contributed by atoms with Crippen LogP contribution in [0.3, 0.4) is 0 Å². The van der Waals surface area contributed by atoms with E-state index in [2.05, 4.69) is 0 Å². The van der Waals surface area contributed by atoms with Crippen molar-refractivity contribution in [1.29, 1.82) is 0 Å². The molecule has 0 saturated heterocycles. The minimum atomic E-state index is -0.632. The Hall–Kier alpha value is -2.62. The second-order valence-electron chi connectivity index (χ2n) is 6.04. The third kappa shape index (κ3) is 2.68. The van der Waals surface area contributed by atoms with Crippen molar-refractivity contribution in [3.8, 4) is 0 Å². The van der Waals surface area contributed by atoms with E-state index in [0.29, 0.717) is 18.6 Å². The molecular formula is C20H21NO3. The first-order valence-electron chi connectivity index (χ1n) is 8.19. The number of esters is 1. The summed E-state index contributed by atoms with van der Waals surface area (Å²) in [6.07, 6.45) is 0.468. The number of anilines is 1. The van der Waals surface area contributed by atoms with E-state index in [9.17, 15) is 9.59 Å². The number of carbonyl (C=O) groups is 2. The summed E-state index contributed by atoms with van der Waals surface area (Å²) in [4.78, 5) is 27.3. The molecule has 0 radical (unpaired) electrons. The lowest BCUT2D eigenvalue weighted by Crippen LogP contribution is -2.51. The average molecular weight is 323 g/mol. The van der Waals surface area contributed by atoms with Crippen LogP contribution >= 0.6 is 0 Å². The molecule has 1 aliphatic rings. The lowest BCUT2D eigenvalue weighted by atomic mass is 9.89. The summed E-state index contributed by atoms with van der Waals surface area (Å²) in [5, 5.41) is 0. The molecule has 24 heavy (non-hydrogen) atoms. The smallest absolute Gasteiger partial charge is 0.329 e. The Morgan fingerprint density at radius 1 is 1.12 bits per heavy atom. The topological polar surface area (TPSA) is 46.6 Å². The Bertz CT molecular complexity index is 797. The molecule has 0 fully saturated rings. The molecule has 2 aromatic carbocycles. The number of rotatable bonds is 3. The lowest BCUT2D eigenvalue weighted by Gasteiger charge is -2.36. The highest BCUT2D eigenvalue weighted by Crippen LogP contribution is 2.32. The largest absolute Gasteiger partial charge is 0.464 e. The van der Waals surface area contributed by atoms with Gasteiger partial charge in [0.2, 0.25) is 0 Å². The van der Waals surface area contributed by atoms with Crippen molar-refractivity contribution in [3.63, 3.8) is 0 Å². The van der Waals surface area contributed by atoms with Gasteiger partial charge in [0, 0.05) is 17.7 Å². The summed E-state index contributed by atoms with van der Waals surface area (Å²) in [7, 11) is 0. The Morgan fingerprint density at radius 3 is 2.54 bits per heavy atom. The van der Waals surface area contributed by atoms with Gasteiger partial charge >= 0.3 is 5.97 Å². The molecule has 0 aliphatic carbocycles. The van der Waals surface area contributed by atoms with Gasteiger partial charge in [0.25, 0.3) is 5.91 Å². The van der Waals surface area contributed by atoms with E-state index < -0.39 is 6.04 Å². The second-order valence-corrected chi connectivity index (χ2v) is 6.04. The maximum Gasteiger partial charge on any atom is 0.329 e. The summed E-state index contributed by atoms with van der Waals surface area (Å²) in [5.41, 5.74) is 4.24. The monoisotopic (exact) mass is 323 g/mol. The summed E-state index contributed by atoms with van der Waals surface area (Å²) in [6, 6.07) is 12.8. The van der Waals surface area contributed by atoms with Gasteiger partial charge in [-0.15, -0.1) is 0 Å². The third-order valence-electron chi connectivity index (χ3n) is 4.45. The molecule has 1 atom stereocenters. The quantitative estimate of drug-likeness (QED) is 0.813. The van der Waals surface area contributed by atoms with E-state index in [0.717, 1.165) is 22.4 Å². The van der Waals surface area contributed by atoms with Crippen LogP contribution < -0.4 is 4.90 Å². The molecule has 4 heteroatoms. The maximum absolute atomic E-state index is 13.2. The van der Waals surface area contributed by atoms with Gasteiger partial charge in [0.05, 0.1) is 6.61 Å². The normalized spacial score (nSPS) is 16.7. The Labute approximate surface area is 142 Å². The number of aryl methyl sites for hydroxylation is 2. The highest BCUT2D eigenvalue weighted by atomic mass is 16.5. The zero-order valence-corrected chi connectivity index (χ0v) is 14.2. The van der Waals surface area contributed by atoms with Gasteiger partial charge in [0.1, 0.15) is 6.04 Å². The van der Waals surface area contributed by atoms with Crippen molar-refractivity contribution >= 4 is 17.6 Å². The molecule has 0 N–H and O–H groups in total. The highest BCUT2D eigenvalue weighted by molar-refractivity contribution is 6.13. The summed E-state index contributed by atoms with van der Waals surface area (Å²) < 4.78 is 5.23.